The van der Waals surface area contributed by atoms with Gasteiger partial charge in [0.15, 0.2) is 0 Å². The van der Waals surface area contributed by atoms with E-state index in [0.717, 1.165) is 37.0 Å². The molecule has 1 aromatic heterocycles. The summed E-state index contributed by atoms with van der Waals surface area (Å²) >= 11 is 3.37. The van der Waals surface area contributed by atoms with Crippen LogP contribution in [0.15, 0.2) is 93.3 Å². The second kappa shape index (κ2) is 11.4. The maximum absolute atomic E-state index is 13.5. The quantitative estimate of drug-likeness (QED) is 0.207. The fourth-order valence-electron chi connectivity index (χ4n) is 4.11. The van der Waals surface area contributed by atoms with E-state index in [-0.39, 0.29) is 4.90 Å². The average molecular weight is 594 g/mol. The lowest BCUT2D eigenvalue weighted by Crippen LogP contribution is -2.39. The number of carbonyl (C=O) groups is 1. The summed E-state index contributed by atoms with van der Waals surface area (Å²) in [7, 11) is -4.00. The minimum Gasteiger partial charge on any atom is -0.318 e. The number of aromatic nitrogens is 1. The minimum absolute atomic E-state index is 0.103. The number of nitrogens with one attached hydrogen (secondary N) is 1. The Kier molecular flexibility index (Phi) is 8.18. The number of hydrogen-bond acceptors (Lipinski definition) is 4. The van der Waals surface area contributed by atoms with Gasteiger partial charge in [-0.1, -0.05) is 51.3 Å². The van der Waals surface area contributed by atoms with Gasteiger partial charge in [-0.2, -0.15) is 5.10 Å². The molecule has 0 saturated heterocycles. The summed E-state index contributed by atoms with van der Waals surface area (Å²) < 4.78 is 31.0. The predicted molar refractivity (Wildman–Crippen MR) is 156 cm³/mol. The highest BCUT2D eigenvalue weighted by Gasteiger charge is 2.27. The number of aryl methyl sites for hydroxylation is 3. The van der Waals surface area contributed by atoms with Crippen molar-refractivity contribution in [2.24, 2.45) is 5.10 Å². The van der Waals surface area contributed by atoms with Gasteiger partial charge < -0.3 is 4.57 Å². The van der Waals surface area contributed by atoms with E-state index < -0.39 is 22.5 Å². The minimum atomic E-state index is -4.00. The second-order valence-corrected chi connectivity index (χ2v) is 11.9. The lowest BCUT2D eigenvalue weighted by molar-refractivity contribution is -0.119. The molecule has 4 aromatic rings. The summed E-state index contributed by atoms with van der Waals surface area (Å²) in [6.07, 6.45) is 1.57. The Balaban J connectivity index is 1.54. The van der Waals surface area contributed by atoms with Gasteiger partial charge in [-0.05, 0) is 82.3 Å². The Morgan fingerprint density at radius 2 is 1.50 bits per heavy atom. The second-order valence-electron chi connectivity index (χ2n) is 9.09. The molecule has 7 nitrogen and oxygen atoms in total. The Hall–Kier alpha value is -3.69. The van der Waals surface area contributed by atoms with Crippen molar-refractivity contribution in [1.29, 1.82) is 0 Å². The van der Waals surface area contributed by atoms with Crippen LogP contribution in [0.1, 0.15) is 28.1 Å². The number of benzene rings is 3. The molecule has 0 aliphatic rings. The molecule has 0 unspecified atom stereocenters. The van der Waals surface area contributed by atoms with E-state index in [0.29, 0.717) is 5.69 Å². The molecule has 0 saturated carbocycles. The molecule has 196 valence electrons. The first-order valence-electron chi connectivity index (χ1n) is 12.0. The van der Waals surface area contributed by atoms with Crippen LogP contribution in [-0.4, -0.2) is 31.7 Å². The molecule has 0 aliphatic heterocycles. The van der Waals surface area contributed by atoms with Gasteiger partial charge in [0.1, 0.15) is 6.54 Å². The van der Waals surface area contributed by atoms with Crippen LogP contribution in [0, 0.1) is 27.7 Å². The molecule has 0 fully saturated rings. The van der Waals surface area contributed by atoms with Crippen LogP contribution in [0.3, 0.4) is 0 Å². The lowest BCUT2D eigenvalue weighted by atomic mass is 10.2. The monoisotopic (exact) mass is 592 g/mol. The van der Waals surface area contributed by atoms with Crippen LogP contribution in [-0.2, 0) is 14.8 Å². The first kappa shape index (κ1) is 27.3. The number of anilines is 1. The number of amides is 1. The SMILES string of the molecule is Cc1ccc(-n2c(C)cc(/C=N\NC(=O)CN(c3ccc(Br)cc3)S(=O)(=O)c3ccc(C)cc3)c2C)cc1. The van der Waals surface area contributed by atoms with E-state index in [1.165, 1.54) is 17.7 Å². The Labute approximate surface area is 232 Å². The van der Waals surface area contributed by atoms with Gasteiger partial charge in [-0.15, -0.1) is 0 Å². The predicted octanol–water partition coefficient (Wildman–Crippen LogP) is 5.82. The molecular weight excluding hydrogens is 564 g/mol. The highest BCUT2D eigenvalue weighted by atomic mass is 79.9. The van der Waals surface area contributed by atoms with Crippen LogP contribution in [0.2, 0.25) is 0 Å². The van der Waals surface area contributed by atoms with E-state index in [1.807, 2.05) is 33.8 Å². The van der Waals surface area contributed by atoms with E-state index in [1.54, 1.807) is 42.6 Å². The number of halogens is 1. The number of nitrogens with zero attached hydrogens (tertiary/aromatic N) is 3. The number of hydrazone groups is 1. The number of hydrogen-bond donors (Lipinski definition) is 1. The summed E-state index contributed by atoms with van der Waals surface area (Å²) in [5.41, 5.74) is 8.87. The molecule has 1 N–H and O–H groups in total. The van der Waals surface area contributed by atoms with Crippen LogP contribution in [0.5, 0.6) is 0 Å². The average Bonchev–Trinajstić information content (AvgIpc) is 3.16. The van der Waals surface area contributed by atoms with E-state index in [2.05, 4.69) is 55.3 Å². The lowest BCUT2D eigenvalue weighted by Gasteiger charge is -2.23. The molecule has 0 radical (unpaired) electrons. The Bertz CT molecular complexity index is 1570. The summed E-state index contributed by atoms with van der Waals surface area (Å²) in [5, 5.41) is 4.12. The zero-order chi connectivity index (χ0) is 27.4. The molecule has 38 heavy (non-hydrogen) atoms. The summed E-state index contributed by atoms with van der Waals surface area (Å²) in [5.74, 6) is -0.563. The van der Waals surface area contributed by atoms with Crippen LogP contribution in [0.4, 0.5) is 5.69 Å². The summed E-state index contributed by atoms with van der Waals surface area (Å²) in [6.45, 7) is 7.49. The number of rotatable bonds is 8. The van der Waals surface area contributed by atoms with Gasteiger partial charge >= 0.3 is 0 Å². The Morgan fingerprint density at radius 1 is 0.921 bits per heavy atom. The molecule has 0 atom stereocenters. The molecule has 1 amide bonds. The van der Waals surface area contributed by atoms with E-state index in [4.69, 9.17) is 0 Å². The van der Waals surface area contributed by atoms with Crippen LogP contribution in [0.25, 0.3) is 5.69 Å². The largest absolute Gasteiger partial charge is 0.318 e. The standard InChI is InChI=1S/C29H29BrN4O3S/c1-20-5-11-27(12-6-20)34-22(3)17-24(23(34)4)18-31-32-29(35)19-33(26-13-9-25(30)10-14-26)38(36,37)28-15-7-21(2)8-16-28/h5-18H,19H2,1-4H3,(H,32,35)/b31-18-. The topological polar surface area (TPSA) is 83.8 Å². The molecule has 9 heteroatoms. The first-order valence-corrected chi connectivity index (χ1v) is 14.2. The third-order valence-electron chi connectivity index (χ3n) is 6.17. The van der Waals surface area contributed by atoms with Crippen LogP contribution >= 0.6 is 15.9 Å². The van der Waals surface area contributed by atoms with Crippen molar-refractivity contribution in [3.8, 4) is 5.69 Å². The van der Waals surface area contributed by atoms with Gasteiger partial charge in [0.25, 0.3) is 15.9 Å². The molecule has 1 heterocycles. The summed E-state index contributed by atoms with van der Waals surface area (Å²) in [6, 6.07) is 23.5. The van der Waals surface area contributed by atoms with Gasteiger partial charge in [0.2, 0.25) is 0 Å². The molecule has 4 rings (SSSR count). The van der Waals surface area contributed by atoms with Gasteiger partial charge in [-0.25, -0.2) is 13.8 Å². The molecular formula is C29H29BrN4O3S. The third kappa shape index (κ3) is 6.06. The van der Waals surface area contributed by atoms with Gasteiger partial charge in [0.05, 0.1) is 16.8 Å². The number of sulfonamides is 1. The van der Waals surface area contributed by atoms with Gasteiger partial charge in [-0.3, -0.25) is 9.10 Å². The van der Waals surface area contributed by atoms with E-state index >= 15 is 0 Å². The van der Waals surface area contributed by atoms with Crippen molar-refractivity contribution in [3.05, 3.63) is 111 Å². The fraction of sp³-hybridized carbons (Fsp3) is 0.172. The zero-order valence-electron chi connectivity index (χ0n) is 21.6. The first-order chi connectivity index (χ1) is 18.1. The Morgan fingerprint density at radius 3 is 2.11 bits per heavy atom. The molecule has 0 spiro atoms. The molecule has 3 aromatic carbocycles. The summed E-state index contributed by atoms with van der Waals surface area (Å²) in [4.78, 5) is 13.0. The van der Waals surface area contributed by atoms with Crippen molar-refractivity contribution in [2.75, 3.05) is 10.8 Å². The van der Waals surface area contributed by atoms with Crippen molar-refractivity contribution in [2.45, 2.75) is 32.6 Å². The van der Waals surface area contributed by atoms with Crippen LogP contribution < -0.4 is 9.73 Å². The zero-order valence-corrected chi connectivity index (χ0v) is 24.0. The van der Waals surface area contributed by atoms with E-state index in [9.17, 15) is 13.2 Å². The maximum atomic E-state index is 13.5. The smallest absolute Gasteiger partial charge is 0.264 e. The normalized spacial score (nSPS) is 11.6. The highest BCUT2D eigenvalue weighted by molar-refractivity contribution is 9.10. The highest BCUT2D eigenvalue weighted by Crippen LogP contribution is 2.25. The fourth-order valence-corrected chi connectivity index (χ4v) is 5.79. The van der Waals surface area contributed by atoms with Crippen molar-refractivity contribution >= 4 is 43.8 Å². The third-order valence-corrected chi connectivity index (χ3v) is 8.48. The molecule has 0 bridgehead atoms. The van der Waals surface area contributed by atoms with Crippen molar-refractivity contribution < 1.29 is 13.2 Å². The maximum Gasteiger partial charge on any atom is 0.264 e. The molecule has 0 aliphatic carbocycles. The van der Waals surface area contributed by atoms with Crippen molar-refractivity contribution in [3.63, 3.8) is 0 Å². The number of carbonyl (C=O) groups excluding carboxylic acids is 1. The van der Waals surface area contributed by atoms with Crippen molar-refractivity contribution in [1.82, 2.24) is 9.99 Å². The van der Waals surface area contributed by atoms with Gasteiger partial charge in [0, 0.05) is 27.1 Å².